The summed E-state index contributed by atoms with van der Waals surface area (Å²) in [5, 5.41) is 4.66. The number of para-hydroxylation sites is 1. The molecule has 3 aromatic carbocycles. The zero-order valence-electron chi connectivity index (χ0n) is 17.8. The lowest BCUT2D eigenvalue weighted by atomic mass is 9.95. The molecule has 0 fully saturated rings. The number of nitrogens with zero attached hydrogens (tertiary/aromatic N) is 3. The van der Waals surface area contributed by atoms with Crippen molar-refractivity contribution in [2.45, 2.75) is 26.7 Å². The number of benzene rings is 3. The van der Waals surface area contributed by atoms with Crippen LogP contribution in [-0.4, -0.2) is 14.4 Å². The fourth-order valence-corrected chi connectivity index (χ4v) is 4.93. The van der Waals surface area contributed by atoms with Gasteiger partial charge in [0.1, 0.15) is 5.65 Å². The Morgan fingerprint density at radius 2 is 1.39 bits per heavy atom. The molecule has 0 aliphatic carbocycles. The summed E-state index contributed by atoms with van der Waals surface area (Å²) >= 11 is 0. The second-order valence-electron chi connectivity index (χ2n) is 8.06. The van der Waals surface area contributed by atoms with Gasteiger partial charge in [-0.25, -0.2) is 4.98 Å². The van der Waals surface area contributed by atoms with Crippen molar-refractivity contribution < 1.29 is 0 Å². The average molecular weight is 402 g/mol. The van der Waals surface area contributed by atoms with Crippen molar-refractivity contribution in [3.8, 4) is 11.3 Å². The normalized spacial score (nSPS) is 11.8. The Balaban J connectivity index is 1.83. The molecule has 3 heteroatoms. The molecule has 0 saturated heterocycles. The number of pyridine rings is 2. The number of hydrogen-bond acceptors (Lipinski definition) is 2. The quantitative estimate of drug-likeness (QED) is 0.299. The number of rotatable bonds is 3. The van der Waals surface area contributed by atoms with Gasteiger partial charge in [-0.15, -0.1) is 0 Å². The van der Waals surface area contributed by atoms with E-state index in [1.54, 1.807) is 0 Å². The molecule has 6 rings (SSSR count). The van der Waals surface area contributed by atoms with Crippen molar-refractivity contribution in [1.29, 1.82) is 0 Å². The van der Waals surface area contributed by atoms with Crippen molar-refractivity contribution in [3.05, 3.63) is 90.3 Å². The van der Waals surface area contributed by atoms with E-state index in [-0.39, 0.29) is 0 Å². The summed E-state index contributed by atoms with van der Waals surface area (Å²) in [5.74, 6) is 0. The molecule has 0 spiro atoms. The summed E-state index contributed by atoms with van der Waals surface area (Å²) < 4.78 is 2.28. The molecule has 3 nitrogen and oxygen atoms in total. The maximum absolute atomic E-state index is 5.23. The van der Waals surface area contributed by atoms with Gasteiger partial charge >= 0.3 is 0 Å². The predicted octanol–water partition coefficient (Wildman–Crippen LogP) is 6.98. The fraction of sp³-hybridized carbons (Fsp3) is 0.143. The van der Waals surface area contributed by atoms with Crippen LogP contribution in [-0.2, 0) is 12.8 Å². The number of fused-ring (bicyclic) bond motifs is 8. The summed E-state index contributed by atoms with van der Waals surface area (Å²) in [4.78, 5) is 9.98. The summed E-state index contributed by atoms with van der Waals surface area (Å²) in [5.41, 5.74) is 8.21. The smallest absolute Gasteiger partial charge is 0.145 e. The maximum Gasteiger partial charge on any atom is 0.145 e. The van der Waals surface area contributed by atoms with Gasteiger partial charge < -0.3 is 0 Å². The predicted molar refractivity (Wildman–Crippen MR) is 130 cm³/mol. The van der Waals surface area contributed by atoms with Gasteiger partial charge in [0.25, 0.3) is 0 Å². The highest BCUT2D eigenvalue weighted by Crippen LogP contribution is 2.36. The molecular formula is C28H23N3. The Kier molecular flexibility index (Phi) is 4.03. The lowest BCUT2D eigenvalue weighted by Gasteiger charge is -2.10. The monoisotopic (exact) mass is 401 g/mol. The first kappa shape index (κ1) is 18.1. The van der Waals surface area contributed by atoms with Crippen LogP contribution in [0, 0.1) is 0 Å². The first-order valence-corrected chi connectivity index (χ1v) is 11.0. The molecule has 0 N–H and O–H groups in total. The highest BCUT2D eigenvalue weighted by atomic mass is 15.0. The van der Waals surface area contributed by atoms with E-state index in [0.29, 0.717) is 0 Å². The molecule has 6 aromatic rings. The zero-order chi connectivity index (χ0) is 20.9. The number of imidazole rings is 1. The molecule has 0 bridgehead atoms. The van der Waals surface area contributed by atoms with Crippen molar-refractivity contribution in [2.24, 2.45) is 0 Å². The van der Waals surface area contributed by atoms with Gasteiger partial charge in [0.2, 0.25) is 0 Å². The van der Waals surface area contributed by atoms with Crippen LogP contribution < -0.4 is 0 Å². The van der Waals surface area contributed by atoms with E-state index in [1.807, 2.05) is 12.3 Å². The average Bonchev–Trinajstić information content (AvgIpc) is 3.28. The molecule has 150 valence electrons. The molecule has 3 heterocycles. The van der Waals surface area contributed by atoms with E-state index in [9.17, 15) is 0 Å². The van der Waals surface area contributed by atoms with Crippen LogP contribution in [0.4, 0.5) is 0 Å². The second-order valence-corrected chi connectivity index (χ2v) is 8.06. The fourth-order valence-electron chi connectivity index (χ4n) is 4.93. The first-order valence-electron chi connectivity index (χ1n) is 11.0. The minimum absolute atomic E-state index is 0.991. The van der Waals surface area contributed by atoms with E-state index >= 15 is 0 Å². The number of hydrogen-bond donors (Lipinski definition) is 0. The molecule has 3 aromatic heterocycles. The lowest BCUT2D eigenvalue weighted by Crippen LogP contribution is -1.94. The van der Waals surface area contributed by atoms with E-state index in [1.165, 1.54) is 27.6 Å². The summed E-state index contributed by atoms with van der Waals surface area (Å²) in [6.07, 6.45) is 6.22. The Hall–Kier alpha value is -3.72. The van der Waals surface area contributed by atoms with Crippen LogP contribution in [0.25, 0.3) is 49.5 Å². The highest BCUT2D eigenvalue weighted by Gasteiger charge is 2.17. The topological polar surface area (TPSA) is 30.2 Å². The van der Waals surface area contributed by atoms with Crippen LogP contribution in [0.3, 0.4) is 0 Å². The minimum Gasteiger partial charge on any atom is -0.298 e. The Morgan fingerprint density at radius 3 is 2.13 bits per heavy atom. The summed E-state index contributed by atoms with van der Waals surface area (Å²) in [7, 11) is 0. The van der Waals surface area contributed by atoms with Gasteiger partial charge in [0.15, 0.2) is 0 Å². The third-order valence-electron chi connectivity index (χ3n) is 6.41. The minimum atomic E-state index is 0.991. The van der Waals surface area contributed by atoms with Gasteiger partial charge in [-0.3, -0.25) is 9.38 Å². The van der Waals surface area contributed by atoms with Gasteiger partial charge in [0, 0.05) is 34.1 Å². The first-order chi connectivity index (χ1) is 15.3. The van der Waals surface area contributed by atoms with Crippen LogP contribution in [0.15, 0.2) is 79.1 Å². The Morgan fingerprint density at radius 1 is 0.710 bits per heavy atom. The third kappa shape index (κ3) is 2.59. The van der Waals surface area contributed by atoms with Crippen molar-refractivity contribution in [3.63, 3.8) is 0 Å². The van der Waals surface area contributed by atoms with Gasteiger partial charge in [0.05, 0.1) is 16.7 Å². The van der Waals surface area contributed by atoms with Crippen LogP contribution in [0.1, 0.15) is 25.0 Å². The van der Waals surface area contributed by atoms with Crippen molar-refractivity contribution >= 4 is 38.2 Å². The van der Waals surface area contributed by atoms with Crippen LogP contribution >= 0.6 is 0 Å². The SMILES string of the molecule is CCc1cccc(CC)c1-c1cn2c(n1)c1ccccc1c1cnc3ccccc3c12. The summed E-state index contributed by atoms with van der Waals surface area (Å²) in [6.45, 7) is 4.44. The molecule has 0 aliphatic heterocycles. The van der Waals surface area contributed by atoms with Crippen molar-refractivity contribution in [1.82, 2.24) is 14.4 Å². The van der Waals surface area contributed by atoms with Gasteiger partial charge in [-0.1, -0.05) is 74.5 Å². The highest BCUT2D eigenvalue weighted by molar-refractivity contribution is 6.18. The maximum atomic E-state index is 5.23. The molecule has 0 atom stereocenters. The standard InChI is InChI=1S/C28H23N3/c1-3-18-10-9-11-19(4-2)26(18)25-17-31-27-22-14-7-8-15-24(22)29-16-23(27)20-12-5-6-13-21(20)28(31)30-25/h5-17H,3-4H2,1-2H3. The molecule has 0 saturated carbocycles. The van der Waals surface area contributed by atoms with Gasteiger partial charge in [-0.2, -0.15) is 0 Å². The lowest BCUT2D eigenvalue weighted by molar-refractivity contribution is 1.09. The Bertz CT molecular complexity index is 1580. The van der Waals surface area contributed by atoms with E-state index < -0.39 is 0 Å². The largest absolute Gasteiger partial charge is 0.298 e. The van der Waals surface area contributed by atoms with Crippen molar-refractivity contribution in [2.75, 3.05) is 0 Å². The van der Waals surface area contributed by atoms with Crippen LogP contribution in [0.2, 0.25) is 0 Å². The second kappa shape index (κ2) is 6.92. The van der Waals surface area contributed by atoms with E-state index in [4.69, 9.17) is 9.97 Å². The molecule has 0 unspecified atom stereocenters. The van der Waals surface area contributed by atoms with E-state index in [2.05, 4.69) is 85.1 Å². The van der Waals surface area contributed by atoms with Crippen LogP contribution in [0.5, 0.6) is 0 Å². The molecule has 0 aliphatic rings. The number of aromatic nitrogens is 3. The molecule has 0 amide bonds. The zero-order valence-corrected chi connectivity index (χ0v) is 17.8. The Labute approximate surface area is 181 Å². The molecule has 0 radical (unpaired) electrons. The molecular weight excluding hydrogens is 378 g/mol. The third-order valence-corrected chi connectivity index (χ3v) is 6.41. The molecule has 31 heavy (non-hydrogen) atoms. The number of aryl methyl sites for hydroxylation is 2. The van der Waals surface area contributed by atoms with Gasteiger partial charge in [-0.05, 0) is 35.4 Å². The summed E-state index contributed by atoms with van der Waals surface area (Å²) in [6, 6.07) is 23.5. The van der Waals surface area contributed by atoms with E-state index in [0.717, 1.165) is 45.9 Å².